The van der Waals surface area contributed by atoms with Crippen molar-refractivity contribution >= 4 is 17.7 Å². The highest BCUT2D eigenvalue weighted by Crippen LogP contribution is 2.26. The van der Waals surface area contributed by atoms with Crippen LogP contribution in [-0.4, -0.2) is 35.7 Å². The Bertz CT molecular complexity index is 386. The monoisotopic (exact) mass is 282 g/mol. The van der Waals surface area contributed by atoms with Crippen LogP contribution in [0.5, 0.6) is 0 Å². The zero-order chi connectivity index (χ0) is 14.1. The van der Waals surface area contributed by atoms with E-state index in [1.165, 1.54) is 0 Å². The molecule has 1 amide bonds. The van der Waals surface area contributed by atoms with Gasteiger partial charge < -0.3 is 10.8 Å². The third-order valence-corrected chi connectivity index (χ3v) is 4.15. The minimum atomic E-state index is -0.837. The van der Waals surface area contributed by atoms with E-state index in [4.69, 9.17) is 10.8 Å². The largest absolute Gasteiger partial charge is 0.396 e. The Morgan fingerprint density at radius 2 is 2.11 bits per heavy atom. The molecule has 0 radical (unpaired) electrons. The topological polar surface area (TPSA) is 75.3 Å². The predicted molar refractivity (Wildman–Crippen MR) is 80.0 cm³/mol. The summed E-state index contributed by atoms with van der Waals surface area (Å²) >= 11 is 1.62. The van der Waals surface area contributed by atoms with Crippen molar-refractivity contribution in [3.63, 3.8) is 0 Å². The van der Waals surface area contributed by atoms with Gasteiger partial charge in [-0.25, -0.2) is 0 Å². The summed E-state index contributed by atoms with van der Waals surface area (Å²) in [5.41, 5.74) is 5.69. The van der Waals surface area contributed by atoms with Gasteiger partial charge in [-0.2, -0.15) is 11.8 Å². The predicted octanol–water partition coefficient (Wildman–Crippen LogP) is 1.09. The van der Waals surface area contributed by atoms with E-state index in [9.17, 15) is 4.79 Å². The van der Waals surface area contributed by atoms with E-state index in [-0.39, 0.29) is 12.5 Å². The lowest BCUT2D eigenvalue weighted by Gasteiger charge is -2.31. The Labute approximate surface area is 118 Å². The zero-order valence-electron chi connectivity index (χ0n) is 11.3. The van der Waals surface area contributed by atoms with Crippen molar-refractivity contribution in [3.05, 3.63) is 35.9 Å². The molecular formula is C14H22N2O2S. The van der Waals surface area contributed by atoms with Gasteiger partial charge in [0, 0.05) is 12.4 Å². The molecule has 1 aromatic rings. The van der Waals surface area contributed by atoms with Crippen LogP contribution >= 0.6 is 11.8 Å². The van der Waals surface area contributed by atoms with Gasteiger partial charge in [0.05, 0.1) is 0 Å². The lowest BCUT2D eigenvalue weighted by atomic mass is 9.91. The molecule has 1 atom stereocenters. The van der Waals surface area contributed by atoms with E-state index in [2.05, 4.69) is 5.32 Å². The highest BCUT2D eigenvalue weighted by atomic mass is 32.2. The van der Waals surface area contributed by atoms with Gasteiger partial charge in [0.2, 0.25) is 5.91 Å². The smallest absolute Gasteiger partial charge is 0.243 e. The van der Waals surface area contributed by atoms with Crippen molar-refractivity contribution in [1.29, 1.82) is 0 Å². The number of thioether (sulfide) groups is 1. The fraction of sp³-hybridized carbons (Fsp3) is 0.500. The molecule has 1 unspecified atom stereocenters. The lowest BCUT2D eigenvalue weighted by Crippen LogP contribution is -2.54. The number of likely N-dealkylation sites (N-methyl/N-ethyl adjacent to an activating group) is 1. The fourth-order valence-electron chi connectivity index (χ4n) is 1.95. The first-order valence-corrected chi connectivity index (χ1v) is 7.62. The van der Waals surface area contributed by atoms with Crippen LogP contribution in [0.25, 0.3) is 0 Å². The van der Waals surface area contributed by atoms with Crippen molar-refractivity contribution in [2.75, 3.05) is 24.7 Å². The van der Waals surface area contributed by atoms with Crippen LogP contribution in [0.2, 0.25) is 0 Å². The van der Waals surface area contributed by atoms with Crippen LogP contribution < -0.4 is 11.1 Å². The first-order valence-electron chi connectivity index (χ1n) is 6.46. The van der Waals surface area contributed by atoms with Gasteiger partial charge in [0.15, 0.2) is 0 Å². The number of hydrogen-bond acceptors (Lipinski definition) is 4. The van der Waals surface area contributed by atoms with Crippen molar-refractivity contribution in [2.24, 2.45) is 5.73 Å². The number of benzene rings is 1. The Kier molecular flexibility index (Phi) is 6.91. The minimum absolute atomic E-state index is 0.170. The zero-order valence-corrected chi connectivity index (χ0v) is 12.1. The molecule has 0 aliphatic carbocycles. The molecule has 0 aliphatic rings. The van der Waals surface area contributed by atoms with E-state index in [1.807, 2.05) is 37.3 Å². The van der Waals surface area contributed by atoms with Gasteiger partial charge in [-0.05, 0) is 24.3 Å². The van der Waals surface area contributed by atoms with Gasteiger partial charge >= 0.3 is 0 Å². The van der Waals surface area contributed by atoms with Crippen molar-refractivity contribution in [2.45, 2.75) is 18.9 Å². The number of rotatable bonds is 9. The molecule has 0 aliphatic heterocycles. The number of nitrogens with one attached hydrogen (secondary N) is 1. The van der Waals surface area contributed by atoms with Crippen LogP contribution in [0.1, 0.15) is 18.9 Å². The summed E-state index contributed by atoms with van der Waals surface area (Å²) in [7, 11) is 0. The molecule has 0 saturated heterocycles. The summed E-state index contributed by atoms with van der Waals surface area (Å²) in [5.74, 6) is 1.02. The molecule has 4 nitrogen and oxygen atoms in total. The first kappa shape index (κ1) is 16.0. The quantitative estimate of drug-likeness (QED) is 0.593. The first-order chi connectivity index (χ1) is 9.17. The number of aliphatic hydroxyl groups excluding tert-OH is 1. The maximum atomic E-state index is 12.0. The maximum Gasteiger partial charge on any atom is 0.243 e. The Hall–Kier alpha value is -1.04. The highest BCUT2D eigenvalue weighted by Gasteiger charge is 2.37. The van der Waals surface area contributed by atoms with E-state index < -0.39 is 5.54 Å². The normalized spacial score (nSPS) is 14.0. The van der Waals surface area contributed by atoms with E-state index >= 15 is 0 Å². The maximum absolute atomic E-state index is 12.0. The third-order valence-electron chi connectivity index (χ3n) is 2.93. The van der Waals surface area contributed by atoms with Gasteiger partial charge in [0.25, 0.3) is 0 Å². The molecule has 4 N–H and O–H groups in total. The average Bonchev–Trinajstić information content (AvgIpc) is 2.43. The number of nitrogens with two attached hydrogens (primary N) is 1. The number of carbonyl (C=O) groups is 1. The average molecular weight is 282 g/mol. The summed E-state index contributed by atoms with van der Waals surface area (Å²) in [6.07, 6.45) is 0.723. The van der Waals surface area contributed by atoms with Crippen LogP contribution in [0, 0.1) is 0 Å². The number of primary amides is 1. The van der Waals surface area contributed by atoms with Gasteiger partial charge in [0.1, 0.15) is 5.54 Å². The van der Waals surface area contributed by atoms with Gasteiger partial charge in [-0.15, -0.1) is 0 Å². The standard InChI is InChI=1S/C14H22N2O2S/c1-2-16-14(13(15)18,11-19-10-6-9-17)12-7-4-3-5-8-12/h3-5,7-8,16-17H,2,6,9-11H2,1H3,(H2,15,18). The highest BCUT2D eigenvalue weighted by molar-refractivity contribution is 7.99. The summed E-state index contributed by atoms with van der Waals surface area (Å²) < 4.78 is 0. The molecule has 1 aromatic carbocycles. The van der Waals surface area contributed by atoms with Crippen molar-refractivity contribution < 1.29 is 9.90 Å². The fourth-order valence-corrected chi connectivity index (χ4v) is 3.15. The van der Waals surface area contributed by atoms with Gasteiger partial charge in [-0.1, -0.05) is 37.3 Å². The SMILES string of the molecule is CCNC(CSCCCO)(C(N)=O)c1ccccc1. The van der Waals surface area contributed by atoms with Gasteiger partial charge in [-0.3, -0.25) is 10.1 Å². The second-order valence-corrected chi connectivity index (χ2v) is 5.40. The van der Waals surface area contributed by atoms with Crippen LogP contribution in [-0.2, 0) is 10.3 Å². The molecule has 1 rings (SSSR count). The van der Waals surface area contributed by atoms with Crippen LogP contribution in [0.4, 0.5) is 0 Å². The Morgan fingerprint density at radius 3 is 2.63 bits per heavy atom. The summed E-state index contributed by atoms with van der Waals surface area (Å²) in [6, 6.07) is 9.56. The third kappa shape index (κ3) is 4.23. The minimum Gasteiger partial charge on any atom is -0.396 e. The van der Waals surface area contributed by atoms with E-state index in [0.717, 1.165) is 17.7 Å². The molecule has 0 heterocycles. The summed E-state index contributed by atoms with van der Waals surface area (Å²) in [5, 5.41) is 12.0. The molecule has 0 aromatic heterocycles. The van der Waals surface area contributed by atoms with E-state index in [0.29, 0.717) is 12.3 Å². The molecule has 0 saturated carbocycles. The van der Waals surface area contributed by atoms with Crippen molar-refractivity contribution in [3.8, 4) is 0 Å². The second kappa shape index (κ2) is 8.19. The second-order valence-electron chi connectivity index (χ2n) is 4.30. The molecular weight excluding hydrogens is 260 g/mol. The van der Waals surface area contributed by atoms with Crippen LogP contribution in [0.15, 0.2) is 30.3 Å². The Morgan fingerprint density at radius 1 is 1.42 bits per heavy atom. The lowest BCUT2D eigenvalue weighted by molar-refractivity contribution is -0.123. The number of hydrogen-bond donors (Lipinski definition) is 3. The summed E-state index contributed by atoms with van der Waals surface area (Å²) in [4.78, 5) is 12.0. The molecule has 19 heavy (non-hydrogen) atoms. The number of amides is 1. The van der Waals surface area contributed by atoms with Crippen molar-refractivity contribution in [1.82, 2.24) is 5.32 Å². The molecule has 5 heteroatoms. The number of aliphatic hydroxyl groups is 1. The Balaban J connectivity index is 2.91. The van der Waals surface area contributed by atoms with E-state index in [1.54, 1.807) is 11.8 Å². The number of carbonyl (C=O) groups excluding carboxylic acids is 1. The summed E-state index contributed by atoms with van der Waals surface area (Å²) in [6.45, 7) is 2.79. The van der Waals surface area contributed by atoms with Crippen LogP contribution in [0.3, 0.4) is 0 Å². The molecule has 0 spiro atoms. The molecule has 0 bridgehead atoms. The molecule has 0 fully saturated rings. The molecule has 106 valence electrons.